The fourth-order valence-electron chi connectivity index (χ4n) is 1.38. The van der Waals surface area contributed by atoms with Crippen molar-refractivity contribution in [3.63, 3.8) is 0 Å². The molecule has 0 unspecified atom stereocenters. The molecule has 104 valence electrons. The SMILES string of the molecule is CCOC(=O)C(Cc1ncc(Cl)cn1)C(=O)OCC. The highest BCUT2D eigenvalue weighted by atomic mass is 35.5. The molecule has 0 amide bonds. The van der Waals surface area contributed by atoms with Crippen molar-refractivity contribution < 1.29 is 19.1 Å². The zero-order chi connectivity index (χ0) is 14.3. The second-order valence-electron chi connectivity index (χ2n) is 3.58. The highest BCUT2D eigenvalue weighted by molar-refractivity contribution is 6.30. The van der Waals surface area contributed by atoms with Gasteiger partial charge in [-0.15, -0.1) is 0 Å². The molecule has 0 atom stereocenters. The van der Waals surface area contributed by atoms with Crippen molar-refractivity contribution in [2.24, 2.45) is 5.92 Å². The van der Waals surface area contributed by atoms with Crippen LogP contribution in [0.2, 0.25) is 5.02 Å². The van der Waals surface area contributed by atoms with Gasteiger partial charge in [-0.2, -0.15) is 0 Å². The molecule has 0 aromatic carbocycles. The summed E-state index contributed by atoms with van der Waals surface area (Å²) in [6, 6.07) is 0. The average Bonchev–Trinajstić information content (AvgIpc) is 2.38. The van der Waals surface area contributed by atoms with E-state index in [-0.39, 0.29) is 19.6 Å². The molecule has 0 bridgehead atoms. The molecule has 0 radical (unpaired) electrons. The lowest BCUT2D eigenvalue weighted by molar-refractivity contribution is -0.161. The van der Waals surface area contributed by atoms with Gasteiger partial charge in [0.05, 0.1) is 18.2 Å². The van der Waals surface area contributed by atoms with Crippen LogP contribution in [0.1, 0.15) is 19.7 Å². The molecule has 1 aromatic heterocycles. The van der Waals surface area contributed by atoms with Crippen molar-refractivity contribution >= 4 is 23.5 Å². The van der Waals surface area contributed by atoms with E-state index < -0.39 is 17.9 Å². The first-order valence-corrected chi connectivity index (χ1v) is 6.26. The molecule has 6 nitrogen and oxygen atoms in total. The monoisotopic (exact) mass is 286 g/mol. The first kappa shape index (κ1) is 15.4. The maximum absolute atomic E-state index is 11.7. The fraction of sp³-hybridized carbons (Fsp3) is 0.500. The zero-order valence-corrected chi connectivity index (χ0v) is 11.5. The van der Waals surface area contributed by atoms with Crippen molar-refractivity contribution in [1.29, 1.82) is 0 Å². The van der Waals surface area contributed by atoms with Crippen LogP contribution in [0.4, 0.5) is 0 Å². The van der Waals surface area contributed by atoms with Gasteiger partial charge in [0.2, 0.25) is 0 Å². The van der Waals surface area contributed by atoms with E-state index in [1.807, 2.05) is 0 Å². The third kappa shape index (κ3) is 4.82. The normalized spacial score (nSPS) is 10.3. The minimum Gasteiger partial charge on any atom is -0.465 e. The molecule has 19 heavy (non-hydrogen) atoms. The number of rotatable bonds is 6. The molecule has 0 aliphatic carbocycles. The maximum atomic E-state index is 11.7. The molecule has 0 saturated carbocycles. The molecular weight excluding hydrogens is 272 g/mol. The highest BCUT2D eigenvalue weighted by Gasteiger charge is 2.30. The van der Waals surface area contributed by atoms with Crippen LogP contribution < -0.4 is 0 Å². The van der Waals surface area contributed by atoms with E-state index >= 15 is 0 Å². The van der Waals surface area contributed by atoms with Crippen molar-refractivity contribution in [2.75, 3.05) is 13.2 Å². The van der Waals surface area contributed by atoms with Gasteiger partial charge in [-0.3, -0.25) is 9.59 Å². The van der Waals surface area contributed by atoms with E-state index in [1.54, 1.807) is 13.8 Å². The fourth-order valence-corrected chi connectivity index (χ4v) is 1.47. The van der Waals surface area contributed by atoms with Gasteiger partial charge in [-0.25, -0.2) is 9.97 Å². The largest absolute Gasteiger partial charge is 0.465 e. The van der Waals surface area contributed by atoms with E-state index in [0.29, 0.717) is 10.8 Å². The van der Waals surface area contributed by atoms with E-state index in [0.717, 1.165) is 0 Å². The molecule has 0 saturated heterocycles. The second kappa shape index (κ2) is 7.68. The Morgan fingerprint density at radius 2 is 1.63 bits per heavy atom. The van der Waals surface area contributed by atoms with E-state index in [9.17, 15) is 9.59 Å². The first-order valence-electron chi connectivity index (χ1n) is 5.88. The smallest absolute Gasteiger partial charge is 0.320 e. The van der Waals surface area contributed by atoms with Gasteiger partial charge in [0.15, 0.2) is 5.92 Å². The molecule has 1 aromatic rings. The van der Waals surface area contributed by atoms with Crippen LogP contribution in [0.15, 0.2) is 12.4 Å². The summed E-state index contributed by atoms with van der Waals surface area (Å²) in [5.74, 6) is -2.00. The number of ether oxygens (including phenoxy) is 2. The van der Waals surface area contributed by atoms with Crippen LogP contribution in [-0.2, 0) is 25.5 Å². The molecule has 7 heteroatoms. The van der Waals surface area contributed by atoms with E-state index in [2.05, 4.69) is 9.97 Å². The number of carbonyl (C=O) groups excluding carboxylic acids is 2. The van der Waals surface area contributed by atoms with Gasteiger partial charge in [0, 0.05) is 18.8 Å². The van der Waals surface area contributed by atoms with Gasteiger partial charge < -0.3 is 9.47 Å². The Kier molecular flexibility index (Phi) is 6.21. The Morgan fingerprint density at radius 1 is 1.16 bits per heavy atom. The van der Waals surface area contributed by atoms with Crippen molar-refractivity contribution in [3.05, 3.63) is 23.2 Å². The van der Waals surface area contributed by atoms with Crippen LogP contribution in [0.25, 0.3) is 0 Å². The molecule has 0 fully saturated rings. The van der Waals surface area contributed by atoms with Crippen LogP contribution in [0, 0.1) is 5.92 Å². The van der Waals surface area contributed by atoms with Gasteiger partial charge in [0.25, 0.3) is 0 Å². The van der Waals surface area contributed by atoms with Crippen molar-refractivity contribution in [2.45, 2.75) is 20.3 Å². The number of aromatic nitrogens is 2. The van der Waals surface area contributed by atoms with Gasteiger partial charge in [-0.1, -0.05) is 11.6 Å². The summed E-state index contributed by atoms with van der Waals surface area (Å²) in [6.07, 6.45) is 2.82. The third-order valence-corrected chi connectivity index (χ3v) is 2.40. The van der Waals surface area contributed by atoms with E-state index in [1.165, 1.54) is 12.4 Å². The number of carbonyl (C=O) groups is 2. The van der Waals surface area contributed by atoms with Crippen LogP contribution in [-0.4, -0.2) is 35.1 Å². The van der Waals surface area contributed by atoms with Gasteiger partial charge in [-0.05, 0) is 13.8 Å². The highest BCUT2D eigenvalue weighted by Crippen LogP contribution is 2.11. The summed E-state index contributed by atoms with van der Waals surface area (Å²) < 4.78 is 9.69. The summed E-state index contributed by atoms with van der Waals surface area (Å²) in [5, 5.41) is 0.382. The Hall–Kier alpha value is -1.69. The summed E-state index contributed by atoms with van der Waals surface area (Å²) in [4.78, 5) is 31.3. The van der Waals surface area contributed by atoms with Gasteiger partial charge >= 0.3 is 11.9 Å². The lowest BCUT2D eigenvalue weighted by atomic mass is 10.1. The van der Waals surface area contributed by atoms with Crippen molar-refractivity contribution in [1.82, 2.24) is 9.97 Å². The molecule has 0 N–H and O–H groups in total. The molecule has 1 heterocycles. The summed E-state index contributed by atoms with van der Waals surface area (Å²) in [5.41, 5.74) is 0. The Morgan fingerprint density at radius 3 is 2.05 bits per heavy atom. The molecular formula is C12H15ClN2O4. The Balaban J connectivity index is 2.81. The summed E-state index contributed by atoms with van der Waals surface area (Å²) >= 11 is 5.66. The average molecular weight is 287 g/mol. The zero-order valence-electron chi connectivity index (χ0n) is 10.8. The lowest BCUT2D eigenvalue weighted by Gasteiger charge is -2.13. The van der Waals surface area contributed by atoms with Crippen LogP contribution >= 0.6 is 11.6 Å². The number of esters is 2. The minimum absolute atomic E-state index is 0.0227. The number of nitrogens with zero attached hydrogens (tertiary/aromatic N) is 2. The lowest BCUT2D eigenvalue weighted by Crippen LogP contribution is -2.30. The minimum atomic E-state index is -1.05. The van der Waals surface area contributed by atoms with Crippen LogP contribution in [0.5, 0.6) is 0 Å². The van der Waals surface area contributed by atoms with Crippen LogP contribution in [0.3, 0.4) is 0 Å². The number of hydrogen-bond donors (Lipinski definition) is 0. The second-order valence-corrected chi connectivity index (χ2v) is 4.01. The molecule has 0 aliphatic heterocycles. The predicted octanol–water partition coefficient (Wildman–Crippen LogP) is 1.41. The maximum Gasteiger partial charge on any atom is 0.320 e. The molecule has 0 spiro atoms. The Labute approximate surface area is 116 Å². The first-order chi connectivity index (χ1) is 9.08. The third-order valence-electron chi connectivity index (χ3n) is 2.20. The van der Waals surface area contributed by atoms with E-state index in [4.69, 9.17) is 21.1 Å². The van der Waals surface area contributed by atoms with Gasteiger partial charge in [0.1, 0.15) is 5.82 Å². The summed E-state index contributed by atoms with van der Waals surface area (Å²) in [7, 11) is 0. The molecule has 1 rings (SSSR count). The number of hydrogen-bond acceptors (Lipinski definition) is 6. The summed E-state index contributed by atoms with van der Waals surface area (Å²) in [6.45, 7) is 3.71. The Bertz CT molecular complexity index is 418. The number of halogens is 1. The standard InChI is InChI=1S/C12H15ClN2O4/c1-3-18-11(16)9(12(17)19-4-2)5-10-14-6-8(13)7-15-10/h6-7,9H,3-5H2,1-2H3. The predicted molar refractivity (Wildman–Crippen MR) is 67.5 cm³/mol. The molecule has 0 aliphatic rings. The van der Waals surface area contributed by atoms with Crippen molar-refractivity contribution in [3.8, 4) is 0 Å². The quantitative estimate of drug-likeness (QED) is 0.581. The topological polar surface area (TPSA) is 78.4 Å².